The maximum Gasteiger partial charge on any atom is 0.0654 e. The maximum absolute atomic E-state index is 5.22. The summed E-state index contributed by atoms with van der Waals surface area (Å²) in [4.78, 5) is 5.22. The Labute approximate surface area is 86.2 Å². The summed E-state index contributed by atoms with van der Waals surface area (Å²) in [6, 6.07) is 8.86. The van der Waals surface area contributed by atoms with Gasteiger partial charge >= 0.3 is 0 Å². The number of hydrogen-bond acceptors (Lipinski definition) is 2. The van der Waals surface area contributed by atoms with Gasteiger partial charge in [0.15, 0.2) is 0 Å². The molecule has 0 fully saturated rings. The number of hydroxylamine groups is 1. The fourth-order valence-electron chi connectivity index (χ4n) is 1.37. The van der Waals surface area contributed by atoms with Crippen molar-refractivity contribution in [2.45, 2.75) is 33.2 Å². The number of aryl methyl sites for hydroxylation is 1. The number of nitrogens with one attached hydrogen (secondary N) is 1. The van der Waals surface area contributed by atoms with Crippen LogP contribution in [-0.4, -0.2) is 6.61 Å². The van der Waals surface area contributed by atoms with E-state index in [2.05, 4.69) is 43.6 Å². The zero-order chi connectivity index (χ0) is 10.4. The van der Waals surface area contributed by atoms with E-state index in [1.165, 1.54) is 11.1 Å². The highest BCUT2D eigenvalue weighted by Crippen LogP contribution is 2.16. The summed E-state index contributed by atoms with van der Waals surface area (Å²) in [6.45, 7) is 6.93. The van der Waals surface area contributed by atoms with Gasteiger partial charge in [0.25, 0.3) is 0 Å². The predicted molar refractivity (Wildman–Crippen MR) is 59.0 cm³/mol. The fraction of sp³-hybridized carbons (Fsp3) is 0.500. The molecule has 0 heterocycles. The van der Waals surface area contributed by atoms with Crippen molar-refractivity contribution in [1.82, 2.24) is 5.48 Å². The molecule has 0 aliphatic heterocycles. The van der Waals surface area contributed by atoms with Crippen LogP contribution >= 0.6 is 0 Å². The van der Waals surface area contributed by atoms with Gasteiger partial charge in [-0.05, 0) is 25.8 Å². The Morgan fingerprint density at radius 2 is 1.86 bits per heavy atom. The first-order valence-corrected chi connectivity index (χ1v) is 5.21. The third-order valence-corrected chi connectivity index (χ3v) is 2.26. The second kappa shape index (κ2) is 5.78. The molecule has 78 valence electrons. The highest BCUT2D eigenvalue weighted by atomic mass is 16.6. The highest BCUT2D eigenvalue weighted by molar-refractivity contribution is 5.23. The monoisotopic (exact) mass is 193 g/mol. The van der Waals surface area contributed by atoms with Gasteiger partial charge in [-0.2, -0.15) is 5.48 Å². The standard InChI is InChI=1S/C12H19NO/c1-4-12(13-14-5-2)11-8-6-10(3)7-9-11/h6-9,12-13H,4-5H2,1-3H3. The summed E-state index contributed by atoms with van der Waals surface area (Å²) in [5, 5.41) is 0. The molecule has 1 N–H and O–H groups in total. The molecule has 0 radical (unpaired) electrons. The Kier molecular flexibility index (Phi) is 4.63. The van der Waals surface area contributed by atoms with Gasteiger partial charge in [-0.25, -0.2) is 0 Å². The summed E-state index contributed by atoms with van der Waals surface area (Å²) in [7, 11) is 0. The van der Waals surface area contributed by atoms with E-state index in [9.17, 15) is 0 Å². The Hall–Kier alpha value is -0.860. The first-order chi connectivity index (χ1) is 6.77. The van der Waals surface area contributed by atoms with Crippen molar-refractivity contribution in [2.24, 2.45) is 0 Å². The van der Waals surface area contributed by atoms with Gasteiger partial charge in [0.05, 0.1) is 12.6 Å². The molecule has 1 aromatic carbocycles. The van der Waals surface area contributed by atoms with Crippen LogP contribution in [0.2, 0.25) is 0 Å². The second-order valence-electron chi connectivity index (χ2n) is 3.42. The molecular weight excluding hydrogens is 174 g/mol. The van der Waals surface area contributed by atoms with Gasteiger partial charge < -0.3 is 4.84 Å². The second-order valence-corrected chi connectivity index (χ2v) is 3.42. The molecule has 0 saturated heterocycles. The van der Waals surface area contributed by atoms with Gasteiger partial charge in [0.2, 0.25) is 0 Å². The third kappa shape index (κ3) is 3.13. The number of hydrogen-bond donors (Lipinski definition) is 1. The zero-order valence-electron chi connectivity index (χ0n) is 9.21. The summed E-state index contributed by atoms with van der Waals surface area (Å²) >= 11 is 0. The Morgan fingerprint density at radius 3 is 2.36 bits per heavy atom. The van der Waals surface area contributed by atoms with Crippen LogP contribution in [0.5, 0.6) is 0 Å². The van der Waals surface area contributed by atoms with Crippen LogP contribution in [0, 0.1) is 6.92 Å². The molecule has 0 aliphatic carbocycles. The van der Waals surface area contributed by atoms with Crippen LogP contribution in [0.25, 0.3) is 0 Å². The fourth-order valence-corrected chi connectivity index (χ4v) is 1.37. The highest BCUT2D eigenvalue weighted by Gasteiger charge is 2.07. The normalized spacial score (nSPS) is 12.8. The molecule has 0 amide bonds. The first kappa shape index (κ1) is 11.2. The van der Waals surface area contributed by atoms with Crippen LogP contribution in [0.4, 0.5) is 0 Å². The van der Waals surface area contributed by atoms with E-state index >= 15 is 0 Å². The van der Waals surface area contributed by atoms with E-state index in [0.29, 0.717) is 12.6 Å². The lowest BCUT2D eigenvalue weighted by Crippen LogP contribution is -2.20. The summed E-state index contributed by atoms with van der Waals surface area (Å²) in [5.74, 6) is 0. The van der Waals surface area contributed by atoms with E-state index in [1.54, 1.807) is 0 Å². The lowest BCUT2D eigenvalue weighted by Gasteiger charge is -2.16. The molecule has 0 aliphatic rings. The van der Waals surface area contributed by atoms with Crippen molar-refractivity contribution in [3.05, 3.63) is 35.4 Å². The topological polar surface area (TPSA) is 21.3 Å². The molecule has 0 saturated carbocycles. The van der Waals surface area contributed by atoms with Crippen molar-refractivity contribution in [3.8, 4) is 0 Å². The van der Waals surface area contributed by atoms with Gasteiger partial charge in [-0.1, -0.05) is 36.8 Å². The summed E-state index contributed by atoms with van der Waals surface area (Å²) in [5.41, 5.74) is 5.63. The minimum absolute atomic E-state index is 0.301. The molecule has 1 aromatic rings. The number of rotatable bonds is 5. The maximum atomic E-state index is 5.22. The first-order valence-electron chi connectivity index (χ1n) is 5.21. The van der Waals surface area contributed by atoms with Crippen molar-refractivity contribution in [3.63, 3.8) is 0 Å². The molecule has 0 bridgehead atoms. The Balaban J connectivity index is 2.64. The molecule has 2 heteroatoms. The van der Waals surface area contributed by atoms with Gasteiger partial charge in [-0.15, -0.1) is 0 Å². The predicted octanol–water partition coefficient (Wildman–Crippen LogP) is 2.99. The number of benzene rings is 1. The van der Waals surface area contributed by atoms with Gasteiger partial charge in [0.1, 0.15) is 0 Å². The van der Waals surface area contributed by atoms with E-state index in [0.717, 1.165) is 6.42 Å². The third-order valence-electron chi connectivity index (χ3n) is 2.26. The SMILES string of the molecule is CCONC(CC)c1ccc(C)cc1. The van der Waals surface area contributed by atoms with Crippen molar-refractivity contribution in [1.29, 1.82) is 0 Å². The van der Waals surface area contributed by atoms with E-state index in [-0.39, 0.29) is 0 Å². The van der Waals surface area contributed by atoms with Gasteiger partial charge in [0, 0.05) is 0 Å². The molecule has 0 spiro atoms. The lowest BCUT2D eigenvalue weighted by atomic mass is 10.0. The average Bonchev–Trinajstić information content (AvgIpc) is 2.21. The largest absolute Gasteiger partial charge is 0.302 e. The van der Waals surface area contributed by atoms with Crippen LogP contribution in [0.3, 0.4) is 0 Å². The average molecular weight is 193 g/mol. The van der Waals surface area contributed by atoms with E-state index in [4.69, 9.17) is 4.84 Å². The lowest BCUT2D eigenvalue weighted by molar-refractivity contribution is 0.0230. The summed E-state index contributed by atoms with van der Waals surface area (Å²) in [6.07, 6.45) is 1.03. The van der Waals surface area contributed by atoms with Gasteiger partial charge in [-0.3, -0.25) is 0 Å². The Morgan fingerprint density at radius 1 is 1.21 bits per heavy atom. The van der Waals surface area contributed by atoms with Crippen LogP contribution in [-0.2, 0) is 4.84 Å². The minimum atomic E-state index is 0.301. The van der Waals surface area contributed by atoms with Crippen molar-refractivity contribution < 1.29 is 4.84 Å². The quantitative estimate of drug-likeness (QED) is 0.726. The van der Waals surface area contributed by atoms with E-state index < -0.39 is 0 Å². The minimum Gasteiger partial charge on any atom is -0.302 e. The van der Waals surface area contributed by atoms with Crippen LogP contribution in [0.1, 0.15) is 37.4 Å². The molecule has 0 aromatic heterocycles. The van der Waals surface area contributed by atoms with Crippen molar-refractivity contribution >= 4 is 0 Å². The van der Waals surface area contributed by atoms with Crippen LogP contribution < -0.4 is 5.48 Å². The molecular formula is C12H19NO. The summed E-state index contributed by atoms with van der Waals surface area (Å²) < 4.78 is 0. The molecule has 14 heavy (non-hydrogen) atoms. The van der Waals surface area contributed by atoms with Crippen molar-refractivity contribution in [2.75, 3.05) is 6.61 Å². The zero-order valence-corrected chi connectivity index (χ0v) is 9.21. The molecule has 1 atom stereocenters. The molecule has 1 unspecified atom stereocenters. The van der Waals surface area contributed by atoms with E-state index in [1.807, 2.05) is 6.92 Å². The van der Waals surface area contributed by atoms with Crippen LogP contribution in [0.15, 0.2) is 24.3 Å². The smallest absolute Gasteiger partial charge is 0.0654 e. The molecule has 2 nitrogen and oxygen atoms in total. The molecule has 1 rings (SSSR count). The Bertz CT molecular complexity index is 256.